The van der Waals surface area contributed by atoms with Crippen LogP contribution < -0.4 is 5.32 Å². The van der Waals surface area contributed by atoms with E-state index in [0.717, 1.165) is 5.56 Å². The Hall–Kier alpha value is -2.41. The van der Waals surface area contributed by atoms with Gasteiger partial charge in [-0.2, -0.15) is 5.26 Å². The third kappa shape index (κ3) is 1.59. The molecule has 4 heteroatoms. The third-order valence-electron chi connectivity index (χ3n) is 2.38. The molecule has 1 aromatic rings. The molecular formula is C12H8N2O2. The van der Waals surface area contributed by atoms with Crippen molar-refractivity contribution in [3.63, 3.8) is 0 Å². The lowest BCUT2D eigenvalue weighted by atomic mass is 10.0. The smallest absolute Gasteiger partial charge is 0.259 e. The second kappa shape index (κ2) is 3.99. The molecule has 1 heterocycles. The number of carbonyl (C=O) groups excluding carboxylic acids is 2. The highest BCUT2D eigenvalue weighted by Crippen LogP contribution is 2.20. The molecule has 0 saturated carbocycles. The molecule has 0 bridgehead atoms. The second-order valence-electron chi connectivity index (χ2n) is 3.36. The fraction of sp³-hybridized carbons (Fsp3) is 0.0833. The molecule has 0 unspecified atom stereocenters. The average Bonchev–Trinajstić information content (AvgIpc) is 2.56. The fourth-order valence-electron chi connectivity index (χ4n) is 1.70. The van der Waals surface area contributed by atoms with Crippen molar-refractivity contribution in [3.05, 3.63) is 47.0 Å². The van der Waals surface area contributed by atoms with Crippen molar-refractivity contribution in [2.75, 3.05) is 0 Å². The summed E-state index contributed by atoms with van der Waals surface area (Å²) in [5.74, 6) is -0.716. The number of fused-ring (bicyclic) bond motifs is 1. The van der Waals surface area contributed by atoms with Gasteiger partial charge in [-0.1, -0.05) is 18.2 Å². The molecule has 0 spiro atoms. The average molecular weight is 212 g/mol. The normalized spacial score (nSPS) is 13.7. The van der Waals surface area contributed by atoms with Crippen molar-refractivity contribution in [2.45, 2.75) is 6.42 Å². The maximum absolute atomic E-state index is 11.5. The van der Waals surface area contributed by atoms with Gasteiger partial charge in [0.15, 0.2) is 0 Å². The van der Waals surface area contributed by atoms with Crippen LogP contribution in [0.1, 0.15) is 26.3 Å². The van der Waals surface area contributed by atoms with Gasteiger partial charge in [0.25, 0.3) is 11.8 Å². The predicted molar refractivity (Wildman–Crippen MR) is 56.7 cm³/mol. The number of rotatable bonds is 2. The first-order valence-electron chi connectivity index (χ1n) is 4.76. The van der Waals surface area contributed by atoms with E-state index < -0.39 is 0 Å². The van der Waals surface area contributed by atoms with Crippen LogP contribution in [0.15, 0.2) is 30.4 Å². The van der Waals surface area contributed by atoms with E-state index in [1.54, 1.807) is 24.3 Å². The summed E-state index contributed by atoms with van der Waals surface area (Å²) in [5.41, 5.74) is 1.59. The monoisotopic (exact) mass is 212 g/mol. The molecule has 0 atom stereocenters. The number of imide groups is 1. The third-order valence-corrected chi connectivity index (χ3v) is 2.38. The molecule has 2 amide bonds. The van der Waals surface area contributed by atoms with Crippen molar-refractivity contribution in [1.82, 2.24) is 5.32 Å². The molecule has 4 nitrogen and oxygen atoms in total. The van der Waals surface area contributed by atoms with E-state index in [-0.39, 0.29) is 11.8 Å². The van der Waals surface area contributed by atoms with Crippen molar-refractivity contribution < 1.29 is 9.59 Å². The topological polar surface area (TPSA) is 70.0 Å². The Bertz CT molecular complexity index is 538. The Morgan fingerprint density at radius 2 is 2.12 bits per heavy atom. The van der Waals surface area contributed by atoms with Crippen LogP contribution in [-0.2, 0) is 6.42 Å². The molecular weight excluding hydrogens is 204 g/mol. The van der Waals surface area contributed by atoms with Crippen molar-refractivity contribution in [1.29, 1.82) is 5.26 Å². The lowest BCUT2D eigenvalue weighted by molar-refractivity contribution is 0.0879. The number of hydrogen-bond donors (Lipinski definition) is 1. The van der Waals surface area contributed by atoms with Crippen LogP contribution in [-0.4, -0.2) is 11.8 Å². The predicted octanol–water partition coefficient (Wildman–Crippen LogP) is 1.19. The van der Waals surface area contributed by atoms with E-state index in [1.165, 1.54) is 6.08 Å². The molecule has 0 fully saturated rings. The summed E-state index contributed by atoms with van der Waals surface area (Å²) in [6.07, 6.45) is 3.48. The number of carbonyl (C=O) groups is 2. The molecule has 1 aliphatic heterocycles. The highest BCUT2D eigenvalue weighted by Gasteiger charge is 2.28. The maximum atomic E-state index is 11.5. The Morgan fingerprint density at radius 1 is 1.31 bits per heavy atom. The summed E-state index contributed by atoms with van der Waals surface area (Å²) in [6, 6.07) is 7.00. The van der Waals surface area contributed by atoms with Gasteiger partial charge in [0.2, 0.25) is 0 Å². The Morgan fingerprint density at radius 3 is 2.88 bits per heavy atom. The molecule has 0 aromatic heterocycles. The number of nitrogens with one attached hydrogen (secondary N) is 1. The Balaban J connectivity index is 2.42. The summed E-state index contributed by atoms with van der Waals surface area (Å²) in [5, 5.41) is 10.6. The quantitative estimate of drug-likeness (QED) is 0.591. The molecule has 0 saturated heterocycles. The molecule has 1 N–H and O–H groups in total. The molecule has 78 valence electrons. The fourth-order valence-corrected chi connectivity index (χ4v) is 1.70. The van der Waals surface area contributed by atoms with Crippen LogP contribution in [0, 0.1) is 11.3 Å². The van der Waals surface area contributed by atoms with E-state index >= 15 is 0 Å². The van der Waals surface area contributed by atoms with Gasteiger partial charge < -0.3 is 0 Å². The highest BCUT2D eigenvalue weighted by molar-refractivity contribution is 6.22. The van der Waals surface area contributed by atoms with Crippen molar-refractivity contribution >= 4 is 11.8 Å². The summed E-state index contributed by atoms with van der Waals surface area (Å²) >= 11 is 0. The van der Waals surface area contributed by atoms with Crippen LogP contribution >= 0.6 is 0 Å². The van der Waals surface area contributed by atoms with E-state index in [4.69, 9.17) is 5.26 Å². The van der Waals surface area contributed by atoms with Gasteiger partial charge >= 0.3 is 0 Å². The van der Waals surface area contributed by atoms with E-state index in [9.17, 15) is 9.59 Å². The van der Waals surface area contributed by atoms with Gasteiger partial charge in [-0.25, -0.2) is 0 Å². The van der Waals surface area contributed by atoms with E-state index in [1.807, 2.05) is 6.07 Å². The van der Waals surface area contributed by atoms with Crippen LogP contribution in [0.2, 0.25) is 0 Å². The lowest BCUT2D eigenvalue weighted by Gasteiger charge is -2.01. The summed E-state index contributed by atoms with van der Waals surface area (Å²) in [7, 11) is 0. The molecule has 0 aliphatic carbocycles. The number of nitrogens with zero attached hydrogens (tertiary/aromatic N) is 1. The molecule has 2 rings (SSSR count). The zero-order valence-corrected chi connectivity index (χ0v) is 8.36. The minimum absolute atomic E-state index is 0.355. The standard InChI is InChI=1S/C12H8N2O2/c13-7-2-1-4-8-5-3-6-9-10(8)12(16)14-11(9)15/h1-3,5-6H,4H2,(H,14,15,16). The first-order valence-corrected chi connectivity index (χ1v) is 4.76. The first kappa shape index (κ1) is 10.1. The number of hydrogen-bond acceptors (Lipinski definition) is 3. The number of benzene rings is 1. The van der Waals surface area contributed by atoms with Gasteiger partial charge in [0.05, 0.1) is 17.2 Å². The highest BCUT2D eigenvalue weighted by atomic mass is 16.2. The molecule has 16 heavy (non-hydrogen) atoms. The van der Waals surface area contributed by atoms with Crippen molar-refractivity contribution in [2.24, 2.45) is 0 Å². The largest absolute Gasteiger partial charge is 0.288 e. The van der Waals surface area contributed by atoms with Gasteiger partial charge in [-0.05, 0) is 18.1 Å². The number of amides is 2. The zero-order valence-electron chi connectivity index (χ0n) is 8.36. The summed E-state index contributed by atoms with van der Waals surface area (Å²) in [6.45, 7) is 0. The minimum atomic E-state index is -0.360. The molecule has 0 radical (unpaired) electrons. The van der Waals surface area contributed by atoms with E-state index in [2.05, 4.69) is 5.32 Å². The van der Waals surface area contributed by atoms with Gasteiger partial charge in [-0.15, -0.1) is 0 Å². The Labute approximate surface area is 92.2 Å². The SMILES string of the molecule is N#CC=CCc1cccc2c1C(=O)NC2=O. The van der Waals surface area contributed by atoms with Gasteiger partial charge in [-0.3, -0.25) is 14.9 Å². The maximum Gasteiger partial charge on any atom is 0.259 e. The first-order chi connectivity index (χ1) is 7.74. The van der Waals surface area contributed by atoms with E-state index in [0.29, 0.717) is 17.5 Å². The minimum Gasteiger partial charge on any atom is -0.288 e. The second-order valence-corrected chi connectivity index (χ2v) is 3.36. The summed E-state index contributed by atoms with van der Waals surface area (Å²) in [4.78, 5) is 22.9. The van der Waals surface area contributed by atoms with Gasteiger partial charge in [0.1, 0.15) is 0 Å². The number of nitriles is 1. The van der Waals surface area contributed by atoms with Crippen LogP contribution in [0.5, 0.6) is 0 Å². The molecule has 1 aromatic carbocycles. The van der Waals surface area contributed by atoms with Crippen molar-refractivity contribution in [3.8, 4) is 6.07 Å². The van der Waals surface area contributed by atoms with Crippen LogP contribution in [0.25, 0.3) is 0 Å². The Kier molecular flexibility index (Phi) is 2.52. The number of allylic oxidation sites excluding steroid dienone is 2. The molecule has 1 aliphatic rings. The van der Waals surface area contributed by atoms with Crippen LogP contribution in [0.4, 0.5) is 0 Å². The summed E-state index contributed by atoms with van der Waals surface area (Å²) < 4.78 is 0. The van der Waals surface area contributed by atoms with Gasteiger partial charge in [0, 0.05) is 6.08 Å². The zero-order chi connectivity index (χ0) is 11.5. The van der Waals surface area contributed by atoms with Crippen LogP contribution in [0.3, 0.4) is 0 Å². The lowest BCUT2D eigenvalue weighted by Crippen LogP contribution is -2.20.